The van der Waals surface area contributed by atoms with E-state index in [9.17, 15) is 4.79 Å². The van der Waals surface area contributed by atoms with E-state index in [1.54, 1.807) is 0 Å². The van der Waals surface area contributed by atoms with Gasteiger partial charge in [0.1, 0.15) is 0 Å². The van der Waals surface area contributed by atoms with E-state index in [0.717, 1.165) is 6.42 Å². The Bertz CT molecular complexity index is 137. The highest BCUT2D eigenvalue weighted by molar-refractivity contribution is 5.85. The largest absolute Gasteiger partial charge is 0.469 e. The number of carbonyl (C=O) groups is 1. The highest BCUT2D eigenvalue weighted by Gasteiger charge is 2.16. The summed E-state index contributed by atoms with van der Waals surface area (Å²) in [6, 6.07) is 0. The molecule has 4 heteroatoms. The topological polar surface area (TPSA) is 52.3 Å². The van der Waals surface area contributed by atoms with Crippen LogP contribution in [0, 0.1) is 0 Å². The maximum atomic E-state index is 10.7. The summed E-state index contributed by atoms with van der Waals surface area (Å²) in [5.74, 6) is -0.185. The van der Waals surface area contributed by atoms with Gasteiger partial charge < -0.3 is 10.5 Å². The molecule has 0 saturated carbocycles. The molecule has 0 amide bonds. The standard InChI is InChI=1S/C8H17NO2.ClH/c1-4-8(2,9)6-5-7(10)11-3;/h4-6,9H2,1-3H3;1H. The molecule has 0 aromatic carbocycles. The Hall–Kier alpha value is -0.280. The molecule has 0 spiro atoms. The van der Waals surface area contributed by atoms with Crippen molar-refractivity contribution in [1.82, 2.24) is 0 Å². The van der Waals surface area contributed by atoms with Gasteiger partial charge >= 0.3 is 5.97 Å². The van der Waals surface area contributed by atoms with Crippen molar-refractivity contribution in [2.75, 3.05) is 7.11 Å². The minimum Gasteiger partial charge on any atom is -0.469 e. The number of ether oxygens (including phenoxy) is 1. The van der Waals surface area contributed by atoms with Crippen LogP contribution in [0.25, 0.3) is 0 Å². The number of esters is 1. The first-order chi connectivity index (χ1) is 5.02. The Morgan fingerprint density at radius 3 is 2.42 bits per heavy atom. The van der Waals surface area contributed by atoms with Crippen LogP contribution in [0.1, 0.15) is 33.1 Å². The smallest absolute Gasteiger partial charge is 0.305 e. The van der Waals surface area contributed by atoms with Crippen LogP contribution in [0.2, 0.25) is 0 Å². The molecule has 12 heavy (non-hydrogen) atoms. The molecular formula is C8H18ClNO2. The van der Waals surface area contributed by atoms with Crippen LogP contribution in [-0.4, -0.2) is 18.6 Å². The molecule has 74 valence electrons. The fourth-order valence-electron chi connectivity index (χ4n) is 0.666. The van der Waals surface area contributed by atoms with Crippen molar-refractivity contribution in [2.24, 2.45) is 5.73 Å². The first-order valence-electron chi connectivity index (χ1n) is 3.87. The van der Waals surface area contributed by atoms with Crippen LogP contribution in [0.15, 0.2) is 0 Å². The summed E-state index contributed by atoms with van der Waals surface area (Å²) in [7, 11) is 1.39. The maximum absolute atomic E-state index is 10.7. The summed E-state index contributed by atoms with van der Waals surface area (Å²) in [5.41, 5.74) is 5.58. The molecule has 2 N–H and O–H groups in total. The van der Waals surface area contributed by atoms with Gasteiger partial charge in [0.2, 0.25) is 0 Å². The molecule has 0 rings (SSSR count). The van der Waals surface area contributed by atoms with E-state index >= 15 is 0 Å². The van der Waals surface area contributed by atoms with Crippen molar-refractivity contribution in [1.29, 1.82) is 0 Å². The second-order valence-corrected chi connectivity index (χ2v) is 3.08. The van der Waals surface area contributed by atoms with Gasteiger partial charge in [-0.05, 0) is 19.8 Å². The summed E-state index contributed by atoms with van der Waals surface area (Å²) in [5, 5.41) is 0. The highest BCUT2D eigenvalue weighted by atomic mass is 35.5. The number of carbonyl (C=O) groups excluding carboxylic acids is 1. The van der Waals surface area contributed by atoms with Gasteiger partial charge in [0.25, 0.3) is 0 Å². The van der Waals surface area contributed by atoms with E-state index in [1.165, 1.54) is 7.11 Å². The Morgan fingerprint density at radius 1 is 1.58 bits per heavy atom. The van der Waals surface area contributed by atoms with E-state index in [4.69, 9.17) is 5.73 Å². The van der Waals surface area contributed by atoms with Gasteiger partial charge in [0.05, 0.1) is 7.11 Å². The van der Waals surface area contributed by atoms with Crippen LogP contribution < -0.4 is 5.73 Å². The van der Waals surface area contributed by atoms with E-state index in [-0.39, 0.29) is 23.9 Å². The molecular weight excluding hydrogens is 178 g/mol. The van der Waals surface area contributed by atoms with Gasteiger partial charge in [0.15, 0.2) is 0 Å². The Balaban J connectivity index is 0. The SMILES string of the molecule is CCC(C)(N)CCC(=O)OC.Cl. The Kier molecular flexibility index (Phi) is 7.44. The van der Waals surface area contributed by atoms with Crippen molar-refractivity contribution in [3.63, 3.8) is 0 Å². The fourth-order valence-corrected chi connectivity index (χ4v) is 0.666. The van der Waals surface area contributed by atoms with E-state index in [0.29, 0.717) is 12.8 Å². The molecule has 0 bridgehead atoms. The maximum Gasteiger partial charge on any atom is 0.305 e. The van der Waals surface area contributed by atoms with Gasteiger partial charge in [-0.15, -0.1) is 12.4 Å². The summed E-state index contributed by atoms with van der Waals surface area (Å²) in [6.07, 6.45) is 1.98. The lowest BCUT2D eigenvalue weighted by Crippen LogP contribution is -2.35. The lowest BCUT2D eigenvalue weighted by Gasteiger charge is -2.21. The zero-order valence-electron chi connectivity index (χ0n) is 7.92. The van der Waals surface area contributed by atoms with Crippen molar-refractivity contribution >= 4 is 18.4 Å². The lowest BCUT2D eigenvalue weighted by atomic mass is 9.94. The van der Waals surface area contributed by atoms with Gasteiger partial charge in [0, 0.05) is 12.0 Å². The number of nitrogens with two attached hydrogens (primary N) is 1. The zero-order valence-corrected chi connectivity index (χ0v) is 8.74. The third-order valence-corrected chi connectivity index (χ3v) is 1.94. The van der Waals surface area contributed by atoms with E-state index < -0.39 is 0 Å². The molecule has 0 aromatic rings. The van der Waals surface area contributed by atoms with Crippen molar-refractivity contribution in [2.45, 2.75) is 38.6 Å². The fraction of sp³-hybridized carbons (Fsp3) is 0.875. The predicted octanol–water partition coefficient (Wildman–Crippen LogP) is 1.49. The zero-order chi connectivity index (χ0) is 8.91. The third-order valence-electron chi connectivity index (χ3n) is 1.94. The number of methoxy groups -OCH3 is 1. The second-order valence-electron chi connectivity index (χ2n) is 3.08. The minimum absolute atomic E-state index is 0. The molecule has 0 fully saturated rings. The summed E-state index contributed by atoms with van der Waals surface area (Å²) >= 11 is 0. The van der Waals surface area contributed by atoms with Crippen LogP contribution >= 0.6 is 12.4 Å². The normalized spacial score (nSPS) is 14.3. The first kappa shape index (κ1) is 14.3. The monoisotopic (exact) mass is 195 g/mol. The highest BCUT2D eigenvalue weighted by Crippen LogP contribution is 2.12. The lowest BCUT2D eigenvalue weighted by molar-refractivity contribution is -0.141. The van der Waals surface area contributed by atoms with Crippen LogP contribution in [0.3, 0.4) is 0 Å². The molecule has 0 aromatic heterocycles. The van der Waals surface area contributed by atoms with Crippen LogP contribution in [0.5, 0.6) is 0 Å². The summed E-state index contributed by atoms with van der Waals surface area (Å²) < 4.78 is 4.50. The van der Waals surface area contributed by atoms with E-state index in [2.05, 4.69) is 4.74 Å². The number of hydrogen-bond donors (Lipinski definition) is 1. The van der Waals surface area contributed by atoms with Crippen molar-refractivity contribution in [3.05, 3.63) is 0 Å². The van der Waals surface area contributed by atoms with Crippen LogP contribution in [0.4, 0.5) is 0 Å². The number of halogens is 1. The first-order valence-corrected chi connectivity index (χ1v) is 3.87. The quantitative estimate of drug-likeness (QED) is 0.692. The van der Waals surface area contributed by atoms with Crippen molar-refractivity contribution < 1.29 is 9.53 Å². The second kappa shape index (κ2) is 6.26. The van der Waals surface area contributed by atoms with Crippen molar-refractivity contribution in [3.8, 4) is 0 Å². The van der Waals surface area contributed by atoms with Gasteiger partial charge in [-0.25, -0.2) is 0 Å². The molecule has 1 unspecified atom stereocenters. The molecule has 0 aliphatic rings. The average Bonchev–Trinajstić information content (AvgIpc) is 2.00. The molecule has 3 nitrogen and oxygen atoms in total. The van der Waals surface area contributed by atoms with Gasteiger partial charge in [-0.3, -0.25) is 4.79 Å². The van der Waals surface area contributed by atoms with Crippen LogP contribution in [-0.2, 0) is 9.53 Å². The minimum atomic E-state index is -0.228. The molecule has 0 heterocycles. The van der Waals surface area contributed by atoms with E-state index in [1.807, 2.05) is 13.8 Å². The van der Waals surface area contributed by atoms with Gasteiger partial charge in [-0.2, -0.15) is 0 Å². The number of rotatable bonds is 4. The summed E-state index contributed by atoms with van der Waals surface area (Å²) in [4.78, 5) is 10.7. The Labute approximate surface area is 80.1 Å². The summed E-state index contributed by atoms with van der Waals surface area (Å²) in [6.45, 7) is 3.95. The molecule has 0 aliphatic carbocycles. The molecule has 0 aliphatic heterocycles. The third kappa shape index (κ3) is 6.43. The Morgan fingerprint density at radius 2 is 2.08 bits per heavy atom. The van der Waals surface area contributed by atoms with Gasteiger partial charge in [-0.1, -0.05) is 6.92 Å². The molecule has 1 atom stereocenters. The molecule has 0 saturated heterocycles. The predicted molar refractivity (Wildman–Crippen MR) is 51.4 cm³/mol. The number of hydrogen-bond acceptors (Lipinski definition) is 3. The molecule has 0 radical (unpaired) electrons. The average molecular weight is 196 g/mol.